The van der Waals surface area contributed by atoms with Crippen LogP contribution in [0.4, 0.5) is 0 Å². The Morgan fingerprint density at radius 2 is 0.910 bits per heavy atom. The first-order valence-electron chi connectivity index (χ1n) is 28.4. The molecule has 2 aromatic carbocycles. The van der Waals surface area contributed by atoms with E-state index in [2.05, 4.69) is 62.3 Å². The van der Waals surface area contributed by atoms with Crippen LogP contribution in [0.3, 0.4) is 0 Å². The number of carbonyl (C=O) groups is 6. The number of hydrogen-bond donors (Lipinski definition) is 6. The molecule has 0 saturated carbocycles. The number of aromatic nitrogens is 6. The number of nitrogens with one attached hydrogen (secondary N) is 6. The third-order valence-electron chi connectivity index (χ3n) is 16.9. The summed E-state index contributed by atoms with van der Waals surface area (Å²) in [6.45, 7) is 9.76. The highest BCUT2D eigenvalue weighted by Gasteiger charge is 2.46. The Labute approximate surface area is 457 Å². The van der Waals surface area contributed by atoms with Crippen LogP contribution in [0.1, 0.15) is 125 Å². The van der Waals surface area contributed by atoms with Crippen molar-refractivity contribution >= 4 is 35.4 Å². The second-order valence-electron chi connectivity index (χ2n) is 21.9. The molecule has 22 nitrogen and oxygen atoms in total. The molecule has 0 aliphatic carbocycles. The van der Waals surface area contributed by atoms with E-state index in [0.717, 1.165) is 102 Å². The van der Waals surface area contributed by atoms with Gasteiger partial charge in [0, 0.05) is 51.4 Å². The van der Waals surface area contributed by atoms with Gasteiger partial charge in [-0.2, -0.15) is 0 Å². The van der Waals surface area contributed by atoms with Gasteiger partial charge in [0.1, 0.15) is 35.6 Å². The number of piperazine rings is 1. The lowest BCUT2D eigenvalue weighted by atomic mass is 9.98. The van der Waals surface area contributed by atoms with E-state index in [0.29, 0.717) is 50.2 Å². The van der Waals surface area contributed by atoms with Gasteiger partial charge in [0.15, 0.2) is 0 Å². The lowest BCUT2D eigenvalue weighted by Gasteiger charge is -2.36. The molecule has 22 heteroatoms. The lowest BCUT2D eigenvalue weighted by Crippen LogP contribution is -2.58. The average molecular weight is 1070 g/mol. The quantitative estimate of drug-likeness (QED) is 0.0738. The first kappa shape index (κ1) is 56.1. The summed E-state index contributed by atoms with van der Waals surface area (Å²) in [5, 5.41) is 36.5. The van der Waals surface area contributed by atoms with Gasteiger partial charge in [-0.05, 0) is 90.4 Å². The van der Waals surface area contributed by atoms with Crippen LogP contribution in [0.2, 0.25) is 0 Å². The number of amides is 6. The van der Waals surface area contributed by atoms with Crippen LogP contribution in [-0.4, -0.2) is 187 Å². The fourth-order valence-corrected chi connectivity index (χ4v) is 12.0. The minimum absolute atomic E-state index is 0.0574. The van der Waals surface area contributed by atoms with Gasteiger partial charge in [-0.1, -0.05) is 96.8 Å². The van der Waals surface area contributed by atoms with Crippen molar-refractivity contribution < 1.29 is 28.8 Å². The van der Waals surface area contributed by atoms with E-state index in [1.54, 1.807) is 37.7 Å². The minimum Gasteiger partial charge on any atom is -0.343 e. The molecule has 9 rings (SSSR count). The monoisotopic (exact) mass is 1070 g/mol. The summed E-state index contributed by atoms with van der Waals surface area (Å²) in [4.78, 5) is 91.0. The van der Waals surface area contributed by atoms with Crippen molar-refractivity contribution in [3.8, 4) is 0 Å². The summed E-state index contributed by atoms with van der Waals surface area (Å²) in [6, 6.07) is 14.5. The Bertz CT molecular complexity index is 2480. The van der Waals surface area contributed by atoms with Gasteiger partial charge in [0.2, 0.25) is 35.4 Å². The molecule has 2 aromatic heterocycles. The van der Waals surface area contributed by atoms with Crippen molar-refractivity contribution in [2.45, 2.75) is 164 Å². The standard InChI is InChI=1S/C56H80N16O6/c1-37(57-3)51(73)59-43-21-13-11-19-41-23-25-47(71(41)55(43)77)53(75)61-49(39-15-7-5-8-16-39)45-35-69(65-63-45)33-31-67-27-29-68(30-28-67)32-34-70-36-46(64-66-70)50(40-17-9-6-10-18-40)62-54(76)48-26-24-42-20-12-14-22-44(56(78)72(42)48)60-52(74)38(2)58-4/h5-10,15-18,35-38,41-44,47-50,57-58H,11-14,19-34H2,1-4H3,(H,59,73)(H,60,74)(H,61,75)(H,62,76)/t37-,38-,41?,42?,43-,44+,47-,48-,49-,50-/m0/s1. The Morgan fingerprint density at radius 3 is 1.29 bits per heavy atom. The molecule has 5 saturated heterocycles. The number of nitrogens with zero attached hydrogens (tertiary/aromatic N) is 10. The van der Waals surface area contributed by atoms with Crippen molar-refractivity contribution in [1.29, 1.82) is 0 Å². The van der Waals surface area contributed by atoms with Crippen molar-refractivity contribution in [3.63, 3.8) is 0 Å². The first-order valence-corrected chi connectivity index (χ1v) is 28.4. The molecule has 4 aromatic rings. The van der Waals surface area contributed by atoms with Gasteiger partial charge >= 0.3 is 0 Å². The highest BCUT2D eigenvalue weighted by molar-refractivity contribution is 5.95. The number of rotatable bonds is 20. The molecule has 10 atom stereocenters. The zero-order valence-electron chi connectivity index (χ0n) is 45.8. The topological polar surface area (TPSA) is 249 Å². The van der Waals surface area contributed by atoms with E-state index in [4.69, 9.17) is 0 Å². The Balaban J connectivity index is 0.772. The highest BCUT2D eigenvalue weighted by atomic mass is 16.2. The molecule has 0 bridgehead atoms. The molecule has 6 N–H and O–H groups in total. The minimum atomic E-state index is -0.684. The maximum absolute atomic E-state index is 14.3. The maximum atomic E-state index is 14.3. The van der Waals surface area contributed by atoms with Gasteiger partial charge in [-0.25, -0.2) is 0 Å². The van der Waals surface area contributed by atoms with Gasteiger partial charge in [0.05, 0.1) is 49.7 Å². The molecule has 78 heavy (non-hydrogen) atoms. The van der Waals surface area contributed by atoms with Crippen LogP contribution in [0.25, 0.3) is 0 Å². The fraction of sp³-hybridized carbons (Fsp3) is 0.607. The second-order valence-corrected chi connectivity index (χ2v) is 21.9. The van der Waals surface area contributed by atoms with Gasteiger partial charge in [0.25, 0.3) is 0 Å². The van der Waals surface area contributed by atoms with E-state index < -0.39 is 48.3 Å². The predicted molar refractivity (Wildman–Crippen MR) is 291 cm³/mol. The van der Waals surface area contributed by atoms with Crippen LogP contribution in [0, 0.1) is 0 Å². The molecular weight excluding hydrogens is 993 g/mol. The van der Waals surface area contributed by atoms with E-state index >= 15 is 0 Å². The number of fused-ring (bicyclic) bond motifs is 2. The zero-order valence-corrected chi connectivity index (χ0v) is 45.8. The van der Waals surface area contributed by atoms with Crippen LogP contribution >= 0.6 is 0 Å². The third-order valence-corrected chi connectivity index (χ3v) is 16.9. The molecule has 5 fully saturated rings. The van der Waals surface area contributed by atoms with Crippen molar-refractivity contribution in [2.24, 2.45) is 0 Å². The molecule has 0 spiro atoms. The van der Waals surface area contributed by atoms with Gasteiger partial charge in [-0.3, -0.25) is 47.9 Å². The van der Waals surface area contributed by atoms with E-state index in [9.17, 15) is 28.8 Å². The van der Waals surface area contributed by atoms with Crippen LogP contribution < -0.4 is 31.9 Å². The summed E-state index contributed by atoms with van der Waals surface area (Å²) < 4.78 is 3.66. The number of benzene rings is 2. The molecule has 7 heterocycles. The Hall–Kier alpha value is -6.62. The summed E-state index contributed by atoms with van der Waals surface area (Å²) in [5.41, 5.74) is 2.93. The van der Waals surface area contributed by atoms with Gasteiger partial charge in [-0.15, -0.1) is 10.2 Å². The number of carbonyl (C=O) groups excluding carboxylic acids is 6. The predicted octanol–water partition coefficient (Wildman–Crippen LogP) is 1.65. The van der Waals surface area contributed by atoms with Crippen LogP contribution in [0.5, 0.6) is 0 Å². The SMILES string of the molecule is CN[C@@H](C)C(=O)N[C@H]1CCCCC2CC[C@@H](C(=O)N[C@@H](c3ccccc3)c3cn(CCN4CCN(CCn5cc([C@@H](NC(=O)[C@@H]6CCC7CCCC[C@@H](NC(=O)[C@H](C)NC)C(=O)N76)c6ccccc6)nn5)CC4)nn3)N2C1=O. The molecule has 0 radical (unpaired) electrons. The van der Waals surface area contributed by atoms with Crippen molar-refractivity contribution in [1.82, 2.24) is 81.5 Å². The number of likely N-dealkylation sites (N-methyl/N-ethyl adjacent to an activating group) is 2. The number of hydrogen-bond acceptors (Lipinski definition) is 14. The second kappa shape index (κ2) is 26.4. The maximum Gasteiger partial charge on any atom is 0.246 e. The molecule has 420 valence electrons. The Morgan fingerprint density at radius 1 is 0.526 bits per heavy atom. The molecule has 2 unspecified atom stereocenters. The van der Waals surface area contributed by atoms with E-state index in [1.165, 1.54) is 0 Å². The summed E-state index contributed by atoms with van der Waals surface area (Å²) in [6.07, 6.45) is 12.6. The Kier molecular flexibility index (Phi) is 19.0. The summed E-state index contributed by atoms with van der Waals surface area (Å²) >= 11 is 0. The summed E-state index contributed by atoms with van der Waals surface area (Å²) in [7, 11) is 3.42. The van der Waals surface area contributed by atoms with Crippen molar-refractivity contribution in [3.05, 3.63) is 95.6 Å². The lowest BCUT2D eigenvalue weighted by molar-refractivity contribution is -0.144. The van der Waals surface area contributed by atoms with Gasteiger partial charge < -0.3 is 41.7 Å². The largest absolute Gasteiger partial charge is 0.343 e. The highest BCUT2D eigenvalue weighted by Crippen LogP contribution is 2.34. The molecular formula is C56H80N16O6. The first-order chi connectivity index (χ1) is 37.9. The molecule has 5 aliphatic heterocycles. The summed E-state index contributed by atoms with van der Waals surface area (Å²) in [5.74, 6) is -1.35. The average Bonchev–Trinajstić information content (AvgIpc) is 4.31. The zero-order chi connectivity index (χ0) is 54.7. The van der Waals surface area contributed by atoms with Crippen LogP contribution in [0.15, 0.2) is 73.1 Å². The fourth-order valence-electron chi connectivity index (χ4n) is 12.0. The molecule has 6 amide bonds. The normalized spacial score (nSPS) is 24.8. The van der Waals surface area contributed by atoms with E-state index in [1.807, 2.05) is 82.4 Å². The van der Waals surface area contributed by atoms with E-state index in [-0.39, 0.29) is 47.5 Å². The third kappa shape index (κ3) is 13.4. The smallest absolute Gasteiger partial charge is 0.246 e. The molecule has 5 aliphatic rings. The van der Waals surface area contributed by atoms with Crippen molar-refractivity contribution in [2.75, 3.05) is 53.4 Å². The van der Waals surface area contributed by atoms with Crippen LogP contribution in [-0.2, 0) is 41.9 Å².